The minimum Gasteiger partial charge on any atom is -0.459 e. The molecule has 192 valence electrons. The zero-order valence-electron chi connectivity index (χ0n) is 21.1. The number of nitrogens with zero attached hydrogens (tertiary/aromatic N) is 2. The smallest absolute Gasteiger partial charge is 0.336 e. The fraction of sp³-hybridized carbons (Fsp3) is 0.156. The molecule has 0 unspecified atom stereocenters. The highest BCUT2D eigenvalue weighted by molar-refractivity contribution is 7.80. The van der Waals surface area contributed by atoms with Gasteiger partial charge in [-0.25, -0.2) is 4.79 Å². The molecule has 1 N–H and O–H groups in total. The summed E-state index contributed by atoms with van der Waals surface area (Å²) in [5.41, 5.74) is 1.47. The monoisotopic (exact) mass is 531 g/mol. The number of ether oxygens (including phenoxy) is 1. The standard InChI is InChI=1S/C32H26N3O3P/c33-21-28-29(22-34)32(35-30(28)25-15-7-2-8-16-25,31(36)38-23-24-13-5-1-6-14-24)39(37,26-17-9-3-10-18-26)27-19-11-4-12-20-27/h1-20,28-30,35H,23H2/t28-,29-,30-,32-/m0/s1. The third-order valence-electron chi connectivity index (χ3n) is 7.25. The molecule has 0 bridgehead atoms. The Balaban J connectivity index is 1.76. The highest BCUT2D eigenvalue weighted by Gasteiger charge is 2.69. The van der Waals surface area contributed by atoms with Gasteiger partial charge in [0.1, 0.15) is 12.5 Å². The highest BCUT2D eigenvalue weighted by atomic mass is 31.2. The number of nitrogens with one attached hydrogen (secondary N) is 1. The summed E-state index contributed by atoms with van der Waals surface area (Å²) < 4.78 is 21.7. The van der Waals surface area contributed by atoms with Crippen molar-refractivity contribution in [2.24, 2.45) is 11.8 Å². The van der Waals surface area contributed by atoms with Crippen molar-refractivity contribution < 1.29 is 14.1 Å². The Hall–Kier alpha value is -4.48. The molecule has 1 fully saturated rings. The number of hydrogen-bond donors (Lipinski definition) is 1. The number of nitriles is 2. The quantitative estimate of drug-likeness (QED) is 0.264. The lowest BCUT2D eigenvalue weighted by molar-refractivity contribution is -0.149. The largest absolute Gasteiger partial charge is 0.459 e. The van der Waals surface area contributed by atoms with Crippen molar-refractivity contribution in [3.63, 3.8) is 0 Å². The fourth-order valence-corrected chi connectivity index (χ4v) is 8.96. The lowest BCUT2D eigenvalue weighted by Gasteiger charge is -2.38. The zero-order chi connectivity index (χ0) is 27.3. The van der Waals surface area contributed by atoms with Crippen molar-refractivity contribution in [1.82, 2.24) is 5.32 Å². The van der Waals surface area contributed by atoms with Crippen LogP contribution < -0.4 is 15.9 Å². The first-order valence-corrected chi connectivity index (χ1v) is 14.3. The fourth-order valence-electron chi connectivity index (χ4n) is 5.41. The second kappa shape index (κ2) is 11.1. The van der Waals surface area contributed by atoms with Gasteiger partial charge in [0, 0.05) is 10.6 Å². The van der Waals surface area contributed by atoms with Crippen molar-refractivity contribution in [2.75, 3.05) is 0 Å². The van der Waals surface area contributed by atoms with E-state index in [0.29, 0.717) is 10.6 Å². The SMILES string of the molecule is N#C[C@@H]1[C@H](c2ccccc2)N[C@](C(=O)OCc2ccccc2)(P(=O)(c2ccccc2)c2ccccc2)[C@H]1C#N. The van der Waals surface area contributed by atoms with Crippen LogP contribution in [0, 0.1) is 34.5 Å². The van der Waals surface area contributed by atoms with E-state index in [9.17, 15) is 15.3 Å². The van der Waals surface area contributed by atoms with Crippen LogP contribution in [0.3, 0.4) is 0 Å². The minimum absolute atomic E-state index is 0.0714. The molecule has 1 heterocycles. The molecule has 39 heavy (non-hydrogen) atoms. The van der Waals surface area contributed by atoms with E-state index in [0.717, 1.165) is 11.1 Å². The van der Waals surface area contributed by atoms with Crippen LogP contribution in [0.5, 0.6) is 0 Å². The van der Waals surface area contributed by atoms with Crippen molar-refractivity contribution in [3.05, 3.63) is 132 Å². The molecule has 4 aromatic carbocycles. The molecule has 0 spiro atoms. The molecule has 4 aromatic rings. The topological polar surface area (TPSA) is 103 Å². The van der Waals surface area contributed by atoms with Crippen LogP contribution in [0.2, 0.25) is 0 Å². The molecule has 1 aliphatic rings. The number of rotatable bonds is 7. The first-order valence-electron chi connectivity index (χ1n) is 12.6. The Bertz CT molecular complexity index is 1520. The maximum absolute atomic E-state index is 15.8. The second-order valence-corrected chi connectivity index (χ2v) is 12.4. The second-order valence-electron chi connectivity index (χ2n) is 9.40. The Morgan fingerprint density at radius 2 is 1.26 bits per heavy atom. The zero-order valence-corrected chi connectivity index (χ0v) is 21.9. The van der Waals surface area contributed by atoms with Gasteiger partial charge in [-0.15, -0.1) is 0 Å². The molecule has 1 aliphatic heterocycles. The number of hydrogen-bond acceptors (Lipinski definition) is 6. The number of esters is 1. The van der Waals surface area contributed by atoms with Gasteiger partial charge in [-0.3, -0.25) is 5.32 Å². The van der Waals surface area contributed by atoms with Crippen molar-refractivity contribution in [1.29, 1.82) is 10.5 Å². The van der Waals surface area contributed by atoms with E-state index < -0.39 is 36.3 Å². The minimum atomic E-state index is -4.02. The molecule has 0 amide bonds. The Morgan fingerprint density at radius 1 is 0.769 bits per heavy atom. The van der Waals surface area contributed by atoms with Crippen LogP contribution in [0.15, 0.2) is 121 Å². The van der Waals surface area contributed by atoms with E-state index in [1.807, 2.05) is 60.7 Å². The summed E-state index contributed by atoms with van der Waals surface area (Å²) in [4.78, 5) is 14.4. The van der Waals surface area contributed by atoms with Crippen LogP contribution in [-0.2, 0) is 20.7 Å². The maximum atomic E-state index is 15.8. The normalized spacial score (nSPS) is 22.4. The van der Waals surface area contributed by atoms with Crippen LogP contribution in [-0.4, -0.2) is 11.2 Å². The van der Waals surface area contributed by atoms with Crippen LogP contribution in [0.4, 0.5) is 0 Å². The van der Waals surface area contributed by atoms with Gasteiger partial charge in [-0.2, -0.15) is 10.5 Å². The summed E-state index contributed by atoms with van der Waals surface area (Å²) >= 11 is 0. The molecule has 0 aliphatic carbocycles. The molecule has 0 saturated carbocycles. The third kappa shape index (κ3) is 4.45. The summed E-state index contributed by atoms with van der Waals surface area (Å²) in [5.74, 6) is -3.07. The first-order chi connectivity index (χ1) is 19.1. The van der Waals surface area contributed by atoms with E-state index in [-0.39, 0.29) is 6.61 Å². The molecule has 5 rings (SSSR count). The highest BCUT2D eigenvalue weighted by Crippen LogP contribution is 2.64. The number of benzene rings is 4. The Labute approximate surface area is 227 Å². The van der Waals surface area contributed by atoms with Crippen molar-refractivity contribution in [3.8, 4) is 12.1 Å². The summed E-state index contributed by atoms with van der Waals surface area (Å²) in [6.07, 6.45) is 0. The van der Waals surface area contributed by atoms with Gasteiger partial charge in [0.05, 0.1) is 24.1 Å². The third-order valence-corrected chi connectivity index (χ3v) is 10.9. The number of carbonyl (C=O) groups is 1. The molecule has 6 nitrogen and oxygen atoms in total. The number of carbonyl (C=O) groups excluding carboxylic acids is 1. The summed E-state index contributed by atoms with van der Waals surface area (Å²) in [5, 5.41) is 23.0. The van der Waals surface area contributed by atoms with Gasteiger partial charge in [-0.05, 0) is 11.1 Å². The average Bonchev–Trinajstić information content (AvgIpc) is 3.37. The van der Waals surface area contributed by atoms with Crippen LogP contribution in [0.1, 0.15) is 17.2 Å². The lowest BCUT2D eigenvalue weighted by atomic mass is 9.86. The van der Waals surface area contributed by atoms with Gasteiger partial charge in [0.15, 0.2) is 12.4 Å². The average molecular weight is 532 g/mol. The molecule has 4 atom stereocenters. The van der Waals surface area contributed by atoms with Gasteiger partial charge >= 0.3 is 5.97 Å². The van der Waals surface area contributed by atoms with Gasteiger partial charge < -0.3 is 9.30 Å². The molecule has 0 radical (unpaired) electrons. The van der Waals surface area contributed by atoms with E-state index in [2.05, 4.69) is 17.5 Å². The van der Waals surface area contributed by atoms with E-state index in [1.54, 1.807) is 60.7 Å². The Kier molecular flexibility index (Phi) is 7.44. The van der Waals surface area contributed by atoms with E-state index in [4.69, 9.17) is 4.74 Å². The molecular weight excluding hydrogens is 505 g/mol. The summed E-state index contributed by atoms with van der Waals surface area (Å²) in [7, 11) is -4.02. The maximum Gasteiger partial charge on any atom is 0.336 e. The molecular formula is C32H26N3O3P. The predicted molar refractivity (Wildman–Crippen MR) is 149 cm³/mol. The molecule has 0 aromatic heterocycles. The van der Waals surface area contributed by atoms with Crippen molar-refractivity contribution in [2.45, 2.75) is 17.9 Å². The van der Waals surface area contributed by atoms with Gasteiger partial charge in [0.2, 0.25) is 0 Å². The van der Waals surface area contributed by atoms with Gasteiger partial charge in [-0.1, -0.05) is 121 Å². The first kappa shape index (κ1) is 26.1. The molecule has 1 saturated heterocycles. The Morgan fingerprint density at radius 3 is 1.74 bits per heavy atom. The molecule has 7 heteroatoms. The van der Waals surface area contributed by atoms with E-state index >= 15 is 4.57 Å². The van der Waals surface area contributed by atoms with Crippen molar-refractivity contribution >= 4 is 23.7 Å². The van der Waals surface area contributed by atoms with Gasteiger partial charge in [0.25, 0.3) is 0 Å². The predicted octanol–water partition coefficient (Wildman–Crippen LogP) is 5.06. The lowest BCUT2D eigenvalue weighted by Crippen LogP contribution is -2.56. The van der Waals surface area contributed by atoms with E-state index in [1.165, 1.54) is 0 Å². The summed E-state index contributed by atoms with van der Waals surface area (Å²) in [6.45, 7) is -0.0714. The van der Waals surface area contributed by atoms with Crippen LogP contribution >= 0.6 is 7.14 Å². The summed E-state index contributed by atoms with van der Waals surface area (Å²) in [6, 6.07) is 39.5. The van der Waals surface area contributed by atoms with Crippen LogP contribution in [0.25, 0.3) is 0 Å².